The van der Waals surface area contributed by atoms with E-state index < -0.39 is 5.82 Å². The second kappa shape index (κ2) is 11.4. The van der Waals surface area contributed by atoms with E-state index in [1.165, 1.54) is 47.4 Å². The number of nitrogens with one attached hydrogen (secondary N) is 1. The predicted molar refractivity (Wildman–Crippen MR) is 142 cm³/mol. The van der Waals surface area contributed by atoms with Crippen molar-refractivity contribution in [3.8, 4) is 0 Å². The number of rotatable bonds is 7. The molecule has 0 atom stereocenters. The standard InChI is InChI=1S/C26H25FN8O2S/c1-17(36)29-26-33-32-25(38-26)18-11-14-34(15-12-18)22-9-10-23(31-30-22)35(21-7-5-19(27)6-8-21)24(37)16-20-4-2-3-13-28-20/h2-10,13,18H,11-12,14-16H2,1H3,(H,29,33,36). The lowest BCUT2D eigenvalue weighted by molar-refractivity contribution is -0.117. The zero-order valence-corrected chi connectivity index (χ0v) is 21.4. The molecule has 3 aromatic heterocycles. The predicted octanol–water partition coefficient (Wildman–Crippen LogP) is 4.11. The fraction of sp³-hybridized carbons (Fsp3) is 0.269. The van der Waals surface area contributed by atoms with Crippen LogP contribution < -0.4 is 15.1 Å². The van der Waals surface area contributed by atoms with Gasteiger partial charge in [-0.05, 0) is 61.4 Å². The normalized spacial score (nSPS) is 13.8. The molecule has 1 fully saturated rings. The van der Waals surface area contributed by atoms with Crippen LogP contribution in [0.15, 0.2) is 60.8 Å². The lowest BCUT2D eigenvalue weighted by Gasteiger charge is -2.31. The summed E-state index contributed by atoms with van der Waals surface area (Å²) in [6.45, 7) is 2.96. The number of amides is 2. The number of aromatic nitrogens is 5. The Morgan fingerprint density at radius 1 is 1.03 bits per heavy atom. The van der Waals surface area contributed by atoms with Gasteiger partial charge in [0, 0.05) is 37.8 Å². The van der Waals surface area contributed by atoms with Crippen LogP contribution in [0.3, 0.4) is 0 Å². The largest absolute Gasteiger partial charge is 0.355 e. The van der Waals surface area contributed by atoms with Gasteiger partial charge in [-0.3, -0.25) is 19.5 Å². The van der Waals surface area contributed by atoms with Crippen LogP contribution in [0.2, 0.25) is 0 Å². The fourth-order valence-electron chi connectivity index (χ4n) is 4.29. The van der Waals surface area contributed by atoms with Crippen LogP contribution >= 0.6 is 11.3 Å². The van der Waals surface area contributed by atoms with Crippen molar-refractivity contribution in [2.24, 2.45) is 0 Å². The van der Waals surface area contributed by atoms with E-state index in [2.05, 4.69) is 35.6 Å². The number of pyridine rings is 1. The summed E-state index contributed by atoms with van der Waals surface area (Å²) in [7, 11) is 0. The zero-order chi connectivity index (χ0) is 26.5. The molecule has 1 aliphatic heterocycles. The van der Waals surface area contributed by atoms with Crippen LogP contribution in [-0.2, 0) is 16.0 Å². The number of carbonyl (C=O) groups excluding carboxylic acids is 2. The molecule has 1 saturated heterocycles. The molecule has 10 nitrogen and oxygen atoms in total. The van der Waals surface area contributed by atoms with E-state index in [9.17, 15) is 14.0 Å². The third kappa shape index (κ3) is 5.97. The van der Waals surface area contributed by atoms with Crippen molar-refractivity contribution >= 4 is 45.6 Å². The zero-order valence-electron chi connectivity index (χ0n) is 20.6. The average molecular weight is 533 g/mol. The molecule has 12 heteroatoms. The highest BCUT2D eigenvalue weighted by atomic mass is 32.1. The topological polar surface area (TPSA) is 117 Å². The third-order valence-electron chi connectivity index (χ3n) is 6.15. The number of piperidine rings is 1. The number of anilines is 4. The molecule has 0 saturated carbocycles. The molecule has 4 aromatic rings. The molecule has 0 aliphatic carbocycles. The quantitative estimate of drug-likeness (QED) is 0.378. The number of hydrogen-bond acceptors (Lipinski definition) is 9. The summed E-state index contributed by atoms with van der Waals surface area (Å²) in [6, 6.07) is 14.7. The van der Waals surface area contributed by atoms with Gasteiger partial charge in [0.1, 0.15) is 10.8 Å². The van der Waals surface area contributed by atoms with Crippen LogP contribution in [-0.4, -0.2) is 50.3 Å². The lowest BCUT2D eigenvalue weighted by atomic mass is 9.98. The molecule has 0 bridgehead atoms. The van der Waals surface area contributed by atoms with Crippen LogP contribution in [0.4, 0.5) is 26.8 Å². The Morgan fingerprint density at radius 2 is 1.82 bits per heavy atom. The monoisotopic (exact) mass is 532 g/mol. The first kappa shape index (κ1) is 25.3. The van der Waals surface area contributed by atoms with Crippen molar-refractivity contribution < 1.29 is 14.0 Å². The van der Waals surface area contributed by atoms with E-state index in [1.54, 1.807) is 24.4 Å². The van der Waals surface area contributed by atoms with Gasteiger partial charge >= 0.3 is 0 Å². The van der Waals surface area contributed by atoms with E-state index in [-0.39, 0.29) is 24.2 Å². The van der Waals surface area contributed by atoms with Crippen LogP contribution in [0.25, 0.3) is 0 Å². The van der Waals surface area contributed by atoms with Gasteiger partial charge in [-0.25, -0.2) is 4.39 Å². The first-order valence-electron chi connectivity index (χ1n) is 12.1. The van der Waals surface area contributed by atoms with Gasteiger partial charge in [-0.2, -0.15) is 0 Å². The number of nitrogens with zero attached hydrogens (tertiary/aromatic N) is 7. The van der Waals surface area contributed by atoms with Gasteiger partial charge in [0.2, 0.25) is 16.9 Å². The van der Waals surface area contributed by atoms with Gasteiger partial charge < -0.3 is 10.2 Å². The molecule has 1 N–H and O–H groups in total. The first-order chi connectivity index (χ1) is 18.5. The number of benzene rings is 1. The fourth-order valence-corrected chi connectivity index (χ4v) is 5.25. The highest BCUT2D eigenvalue weighted by Gasteiger charge is 2.26. The number of carbonyl (C=O) groups is 2. The lowest BCUT2D eigenvalue weighted by Crippen LogP contribution is -2.34. The maximum absolute atomic E-state index is 13.6. The van der Waals surface area contributed by atoms with Gasteiger partial charge in [-0.15, -0.1) is 20.4 Å². The second-order valence-corrected chi connectivity index (χ2v) is 9.85. The van der Waals surface area contributed by atoms with Crippen LogP contribution in [0, 0.1) is 5.82 Å². The van der Waals surface area contributed by atoms with Gasteiger partial charge in [0.25, 0.3) is 0 Å². The number of halogens is 1. The summed E-state index contributed by atoms with van der Waals surface area (Å²) in [6.07, 6.45) is 3.42. The van der Waals surface area contributed by atoms with E-state index in [0.29, 0.717) is 28.1 Å². The maximum Gasteiger partial charge on any atom is 0.238 e. The highest BCUT2D eigenvalue weighted by molar-refractivity contribution is 7.15. The van der Waals surface area contributed by atoms with Crippen molar-refractivity contribution in [2.45, 2.75) is 32.1 Å². The molecular weight excluding hydrogens is 507 g/mol. The van der Waals surface area contributed by atoms with Crippen LogP contribution in [0.1, 0.15) is 36.4 Å². The van der Waals surface area contributed by atoms with Gasteiger partial charge in [0.15, 0.2) is 11.6 Å². The average Bonchev–Trinajstić information content (AvgIpc) is 3.39. The molecule has 38 heavy (non-hydrogen) atoms. The summed E-state index contributed by atoms with van der Waals surface area (Å²) >= 11 is 1.41. The molecule has 194 valence electrons. The van der Waals surface area contributed by atoms with E-state index in [1.807, 2.05) is 12.1 Å². The maximum atomic E-state index is 13.6. The minimum atomic E-state index is -0.393. The minimum Gasteiger partial charge on any atom is -0.355 e. The van der Waals surface area contributed by atoms with Gasteiger partial charge in [-0.1, -0.05) is 17.4 Å². The first-order valence-corrected chi connectivity index (χ1v) is 13.0. The van der Waals surface area contributed by atoms with Gasteiger partial charge in [0.05, 0.1) is 12.1 Å². The highest BCUT2D eigenvalue weighted by Crippen LogP contribution is 2.33. The summed E-state index contributed by atoms with van der Waals surface area (Å²) < 4.78 is 13.6. The second-order valence-electron chi connectivity index (χ2n) is 8.84. The molecule has 5 rings (SSSR count). The Hall–Kier alpha value is -4.32. The van der Waals surface area contributed by atoms with E-state index >= 15 is 0 Å². The molecular formula is C26H25FN8O2S. The van der Waals surface area contributed by atoms with E-state index in [4.69, 9.17) is 0 Å². The van der Waals surface area contributed by atoms with Crippen molar-refractivity contribution in [3.63, 3.8) is 0 Å². The molecule has 1 aliphatic rings. The smallest absolute Gasteiger partial charge is 0.238 e. The van der Waals surface area contributed by atoms with Crippen molar-refractivity contribution in [3.05, 3.63) is 77.3 Å². The summed E-state index contributed by atoms with van der Waals surface area (Å²) in [5.41, 5.74) is 1.11. The summed E-state index contributed by atoms with van der Waals surface area (Å²) in [5, 5.41) is 21.2. The molecule has 0 unspecified atom stereocenters. The Morgan fingerprint density at radius 3 is 2.47 bits per heavy atom. The number of hydrogen-bond donors (Lipinski definition) is 1. The Kier molecular flexibility index (Phi) is 7.59. The Bertz CT molecular complexity index is 1390. The Labute approximate surface area is 222 Å². The van der Waals surface area contributed by atoms with E-state index in [0.717, 1.165) is 30.9 Å². The summed E-state index contributed by atoms with van der Waals surface area (Å²) in [5.74, 6) is 0.497. The molecule has 0 spiro atoms. The van der Waals surface area contributed by atoms with Crippen molar-refractivity contribution in [1.29, 1.82) is 0 Å². The molecule has 0 radical (unpaired) electrons. The third-order valence-corrected chi connectivity index (χ3v) is 7.15. The van der Waals surface area contributed by atoms with Crippen LogP contribution in [0.5, 0.6) is 0 Å². The Balaban J connectivity index is 1.29. The summed E-state index contributed by atoms with van der Waals surface area (Å²) in [4.78, 5) is 32.4. The molecule has 2 amide bonds. The SMILES string of the molecule is CC(=O)Nc1nnc(C2CCN(c3ccc(N(C(=O)Cc4ccccn4)c4ccc(F)cc4)nn3)CC2)s1. The minimum absolute atomic E-state index is 0.0599. The molecule has 1 aromatic carbocycles. The molecule has 4 heterocycles. The van der Waals surface area contributed by atoms with Crippen molar-refractivity contribution in [2.75, 3.05) is 28.2 Å². The van der Waals surface area contributed by atoms with Crippen molar-refractivity contribution in [1.82, 2.24) is 25.4 Å².